The van der Waals surface area contributed by atoms with Crippen molar-refractivity contribution >= 4 is 21.8 Å². The smallest absolute Gasteiger partial charge is 0.281 e. The van der Waals surface area contributed by atoms with Crippen LogP contribution in [0.3, 0.4) is 0 Å². The molecule has 7 nitrogen and oxygen atoms in total. The first-order chi connectivity index (χ1) is 13.0. The quantitative estimate of drug-likeness (QED) is 0.788. The van der Waals surface area contributed by atoms with E-state index in [2.05, 4.69) is 10.3 Å². The Morgan fingerprint density at radius 1 is 1.15 bits per heavy atom. The van der Waals surface area contributed by atoms with Gasteiger partial charge in [0, 0.05) is 44.0 Å². The fourth-order valence-electron chi connectivity index (χ4n) is 3.42. The monoisotopic (exact) mass is 389 g/mol. The molecule has 0 aliphatic carbocycles. The first-order valence-electron chi connectivity index (χ1n) is 9.44. The Morgan fingerprint density at radius 3 is 2.63 bits per heavy atom. The van der Waals surface area contributed by atoms with Gasteiger partial charge >= 0.3 is 0 Å². The second kappa shape index (κ2) is 8.77. The summed E-state index contributed by atoms with van der Waals surface area (Å²) in [4.78, 5) is 8.96. The van der Waals surface area contributed by atoms with Crippen LogP contribution in [0.4, 0.5) is 11.6 Å². The molecule has 0 bridgehead atoms. The molecule has 1 saturated heterocycles. The van der Waals surface area contributed by atoms with Crippen LogP contribution in [0, 0.1) is 0 Å². The molecule has 1 fully saturated rings. The van der Waals surface area contributed by atoms with Crippen molar-refractivity contribution in [1.29, 1.82) is 0 Å². The van der Waals surface area contributed by atoms with Crippen LogP contribution in [-0.2, 0) is 10.2 Å². The predicted molar refractivity (Wildman–Crippen MR) is 107 cm³/mol. The van der Waals surface area contributed by atoms with E-state index in [1.165, 1.54) is 4.31 Å². The lowest BCUT2D eigenvalue weighted by molar-refractivity contribution is 0.285. The molecule has 8 heteroatoms. The van der Waals surface area contributed by atoms with Crippen LogP contribution in [0.1, 0.15) is 38.3 Å². The predicted octanol–water partition coefficient (Wildman–Crippen LogP) is 2.99. The number of aromatic nitrogens is 2. The molecule has 0 spiro atoms. The van der Waals surface area contributed by atoms with Gasteiger partial charge in [-0.3, -0.25) is 0 Å². The summed E-state index contributed by atoms with van der Waals surface area (Å²) in [5.74, 6) is 1.54. The van der Waals surface area contributed by atoms with E-state index < -0.39 is 10.2 Å². The topological polar surface area (TPSA) is 78.4 Å². The molecule has 2 aromatic rings. The normalized spacial score (nSPS) is 18.6. The van der Waals surface area contributed by atoms with Gasteiger partial charge < -0.3 is 5.32 Å². The van der Waals surface area contributed by atoms with Gasteiger partial charge in [-0.1, -0.05) is 26.0 Å². The summed E-state index contributed by atoms with van der Waals surface area (Å²) >= 11 is 0. The Kier molecular flexibility index (Phi) is 6.41. The van der Waals surface area contributed by atoms with Gasteiger partial charge in [-0.15, -0.1) is 0 Å². The summed E-state index contributed by atoms with van der Waals surface area (Å²) < 4.78 is 28.8. The molecule has 0 aromatic carbocycles. The number of piperidine rings is 1. The molecule has 0 unspecified atom stereocenters. The average Bonchev–Trinajstić information content (AvgIpc) is 2.70. The maximum Gasteiger partial charge on any atom is 0.281 e. The van der Waals surface area contributed by atoms with E-state index in [0.717, 1.165) is 30.2 Å². The highest BCUT2D eigenvalue weighted by Crippen LogP contribution is 2.29. The van der Waals surface area contributed by atoms with Crippen molar-refractivity contribution in [3.8, 4) is 0 Å². The first-order valence-corrected chi connectivity index (χ1v) is 10.8. The molecule has 2 aromatic heterocycles. The highest BCUT2D eigenvalue weighted by Gasteiger charge is 2.33. The van der Waals surface area contributed by atoms with Gasteiger partial charge in [-0.05, 0) is 37.1 Å². The van der Waals surface area contributed by atoms with E-state index in [1.54, 1.807) is 10.5 Å². The Morgan fingerprint density at radius 2 is 1.93 bits per heavy atom. The number of rotatable bonds is 7. The lowest BCUT2D eigenvalue weighted by Crippen LogP contribution is -2.47. The van der Waals surface area contributed by atoms with Crippen molar-refractivity contribution in [2.45, 2.75) is 32.6 Å². The lowest BCUT2D eigenvalue weighted by Gasteiger charge is -2.34. The molecule has 1 atom stereocenters. The van der Waals surface area contributed by atoms with E-state index in [1.807, 2.05) is 50.2 Å². The van der Waals surface area contributed by atoms with E-state index in [4.69, 9.17) is 4.98 Å². The van der Waals surface area contributed by atoms with Crippen molar-refractivity contribution in [3.05, 3.63) is 48.3 Å². The van der Waals surface area contributed by atoms with E-state index in [9.17, 15) is 8.42 Å². The zero-order valence-corrected chi connectivity index (χ0v) is 16.7. The van der Waals surface area contributed by atoms with Crippen molar-refractivity contribution in [2.75, 3.05) is 31.5 Å². The van der Waals surface area contributed by atoms with E-state index in [0.29, 0.717) is 26.2 Å². The maximum absolute atomic E-state index is 12.8. The van der Waals surface area contributed by atoms with Crippen LogP contribution in [0.2, 0.25) is 0 Å². The number of hydrogen-bond donors (Lipinski definition) is 1. The van der Waals surface area contributed by atoms with Crippen LogP contribution in [-0.4, -0.2) is 53.2 Å². The van der Waals surface area contributed by atoms with Crippen molar-refractivity contribution < 1.29 is 8.42 Å². The van der Waals surface area contributed by atoms with Crippen molar-refractivity contribution in [2.24, 2.45) is 0 Å². The average molecular weight is 390 g/mol. The highest BCUT2D eigenvalue weighted by molar-refractivity contribution is 7.86. The van der Waals surface area contributed by atoms with Gasteiger partial charge in [0.1, 0.15) is 11.6 Å². The number of nitrogens with one attached hydrogen (secondary N) is 1. The summed E-state index contributed by atoms with van der Waals surface area (Å²) in [6.45, 7) is 5.76. The number of hydrogen-bond acceptors (Lipinski definition) is 5. The largest absolute Gasteiger partial charge is 0.325 e. The van der Waals surface area contributed by atoms with Crippen LogP contribution in [0.15, 0.2) is 42.6 Å². The van der Waals surface area contributed by atoms with Crippen molar-refractivity contribution in [1.82, 2.24) is 18.6 Å². The summed E-state index contributed by atoms with van der Waals surface area (Å²) in [6, 6.07) is 11.5. The fourth-order valence-corrected chi connectivity index (χ4v) is 5.13. The second-order valence-corrected chi connectivity index (χ2v) is 8.51. The Balaban J connectivity index is 1.75. The Labute approximate surface area is 161 Å². The van der Waals surface area contributed by atoms with Crippen molar-refractivity contribution in [3.63, 3.8) is 0 Å². The maximum atomic E-state index is 12.8. The standard InChI is InChI=1S/C19H27N5O2S/c1-3-23(4-2)27(25,26)24-14-8-9-16(15-24)17-10-7-12-19(21-17)22-18-11-5-6-13-20-18/h5-7,10-13,16H,3-4,8-9,14-15H2,1-2H3,(H,20,21,22)/t16-/m1/s1. The zero-order chi connectivity index (χ0) is 19.3. The molecule has 3 heterocycles. The minimum atomic E-state index is -3.41. The Bertz CT molecular complexity index is 840. The Hall–Kier alpha value is -2.03. The highest BCUT2D eigenvalue weighted by atomic mass is 32.2. The minimum Gasteiger partial charge on any atom is -0.325 e. The molecular formula is C19H27N5O2S. The molecule has 1 N–H and O–H groups in total. The third-order valence-electron chi connectivity index (χ3n) is 4.85. The lowest BCUT2D eigenvalue weighted by atomic mass is 9.95. The van der Waals surface area contributed by atoms with Crippen LogP contribution < -0.4 is 5.32 Å². The van der Waals surface area contributed by atoms with Gasteiger partial charge in [0.2, 0.25) is 0 Å². The molecule has 146 valence electrons. The summed E-state index contributed by atoms with van der Waals surface area (Å²) in [5, 5.41) is 3.20. The molecule has 27 heavy (non-hydrogen) atoms. The van der Waals surface area contributed by atoms with Crippen LogP contribution in [0.5, 0.6) is 0 Å². The fraction of sp³-hybridized carbons (Fsp3) is 0.474. The third-order valence-corrected chi connectivity index (χ3v) is 7.01. The molecule has 1 aliphatic heterocycles. The SMILES string of the molecule is CCN(CC)S(=O)(=O)N1CCC[C@@H](c2cccc(Nc3ccccn3)n2)C1. The van der Waals surface area contributed by atoms with Crippen LogP contribution >= 0.6 is 0 Å². The first kappa shape index (κ1) is 19.7. The zero-order valence-electron chi connectivity index (χ0n) is 15.9. The molecule has 1 aliphatic rings. The number of nitrogens with zero attached hydrogens (tertiary/aromatic N) is 4. The van der Waals surface area contributed by atoms with Gasteiger partial charge in [-0.2, -0.15) is 17.0 Å². The van der Waals surface area contributed by atoms with Gasteiger partial charge in [0.05, 0.1) is 0 Å². The van der Waals surface area contributed by atoms with E-state index >= 15 is 0 Å². The van der Waals surface area contributed by atoms with E-state index in [-0.39, 0.29) is 5.92 Å². The molecule has 0 amide bonds. The number of anilines is 2. The summed E-state index contributed by atoms with van der Waals surface area (Å²) in [7, 11) is -3.41. The molecule has 0 saturated carbocycles. The third kappa shape index (κ3) is 4.63. The minimum absolute atomic E-state index is 0.0922. The molecular weight excluding hydrogens is 362 g/mol. The van der Waals surface area contributed by atoms with Gasteiger partial charge in [-0.25, -0.2) is 9.97 Å². The van der Waals surface area contributed by atoms with Gasteiger partial charge in [0.25, 0.3) is 10.2 Å². The second-order valence-electron chi connectivity index (χ2n) is 6.58. The van der Waals surface area contributed by atoms with Gasteiger partial charge in [0.15, 0.2) is 0 Å². The summed E-state index contributed by atoms with van der Waals surface area (Å²) in [6.07, 6.45) is 3.50. The summed E-state index contributed by atoms with van der Waals surface area (Å²) in [5.41, 5.74) is 0.912. The van der Waals surface area contributed by atoms with Crippen LogP contribution in [0.25, 0.3) is 0 Å². The number of pyridine rings is 2. The molecule has 3 rings (SSSR count). The molecule has 0 radical (unpaired) electrons.